The van der Waals surface area contributed by atoms with Crippen LogP contribution in [-0.2, 0) is 19.1 Å². The van der Waals surface area contributed by atoms with Crippen LogP contribution >= 0.6 is 0 Å². The summed E-state index contributed by atoms with van der Waals surface area (Å²) in [5.74, 6) is -3.09. The maximum absolute atomic E-state index is 11.9. The molecule has 0 fully saturated rings. The topological polar surface area (TPSA) is 72.8 Å². The molecule has 32 heavy (non-hydrogen) atoms. The van der Waals surface area contributed by atoms with Gasteiger partial charge in [0.25, 0.3) is 5.79 Å². The summed E-state index contributed by atoms with van der Waals surface area (Å²) in [7, 11) is 0. The molecule has 0 saturated heterocycles. The number of esters is 2. The zero-order valence-corrected chi connectivity index (χ0v) is 20.8. The summed E-state index contributed by atoms with van der Waals surface area (Å²) in [6.45, 7) is 10.1. The molecule has 1 unspecified atom stereocenters. The highest BCUT2D eigenvalue weighted by molar-refractivity contribution is 5.87. The van der Waals surface area contributed by atoms with Crippen molar-refractivity contribution in [2.24, 2.45) is 0 Å². The Morgan fingerprint density at radius 3 is 1.53 bits per heavy atom. The average Bonchev–Trinajstić information content (AvgIpc) is 2.78. The van der Waals surface area contributed by atoms with Gasteiger partial charge < -0.3 is 14.6 Å². The Morgan fingerprint density at radius 1 is 0.781 bits per heavy atom. The number of unbranched alkanes of at least 4 members (excludes halogenated alkanes) is 15. The van der Waals surface area contributed by atoms with Gasteiger partial charge in [0.1, 0.15) is 6.61 Å². The Balaban J connectivity index is 3.89. The predicted molar refractivity (Wildman–Crippen MR) is 131 cm³/mol. The summed E-state index contributed by atoms with van der Waals surface area (Å²) in [6.07, 6.45) is 21.3. The molecule has 0 aliphatic carbocycles. The van der Waals surface area contributed by atoms with Crippen LogP contribution in [0.4, 0.5) is 0 Å². The summed E-state index contributed by atoms with van der Waals surface area (Å²) >= 11 is 0. The van der Waals surface area contributed by atoms with E-state index < -0.39 is 24.3 Å². The third kappa shape index (κ3) is 16.1. The lowest BCUT2D eigenvalue weighted by molar-refractivity contribution is -0.238. The fourth-order valence-electron chi connectivity index (χ4n) is 3.69. The van der Waals surface area contributed by atoms with E-state index in [1.807, 2.05) is 0 Å². The van der Waals surface area contributed by atoms with Crippen molar-refractivity contribution in [2.45, 2.75) is 129 Å². The van der Waals surface area contributed by atoms with Crippen molar-refractivity contribution in [3.63, 3.8) is 0 Å². The second-order valence-electron chi connectivity index (χ2n) is 8.92. The fourth-order valence-corrected chi connectivity index (χ4v) is 3.69. The lowest BCUT2D eigenvalue weighted by Gasteiger charge is -2.30. The number of ether oxygens (including phenoxy) is 2. The first-order chi connectivity index (χ1) is 15.4. The van der Waals surface area contributed by atoms with E-state index in [4.69, 9.17) is 9.47 Å². The van der Waals surface area contributed by atoms with Gasteiger partial charge in [0.2, 0.25) is 0 Å². The van der Waals surface area contributed by atoms with E-state index >= 15 is 0 Å². The number of carbonyl (C=O) groups is 2. The molecular formula is C27H48O5. The van der Waals surface area contributed by atoms with Gasteiger partial charge in [-0.15, -0.1) is 0 Å². The molecule has 0 aromatic carbocycles. The monoisotopic (exact) mass is 452 g/mol. The van der Waals surface area contributed by atoms with Crippen LogP contribution < -0.4 is 0 Å². The van der Waals surface area contributed by atoms with Crippen LogP contribution in [0.3, 0.4) is 0 Å². The van der Waals surface area contributed by atoms with Gasteiger partial charge in [0, 0.05) is 18.1 Å². The first kappa shape index (κ1) is 30.4. The number of aliphatic hydroxyl groups excluding tert-OH is 1. The van der Waals surface area contributed by atoms with E-state index in [1.54, 1.807) is 0 Å². The molecule has 0 aliphatic heterocycles. The molecule has 0 aliphatic rings. The third-order valence-electron chi connectivity index (χ3n) is 5.73. The van der Waals surface area contributed by atoms with Gasteiger partial charge >= 0.3 is 11.9 Å². The lowest BCUT2D eigenvalue weighted by Crippen LogP contribution is -2.43. The first-order valence-electron chi connectivity index (χ1n) is 12.8. The number of hydrogen-bond donors (Lipinski definition) is 1. The highest BCUT2D eigenvalue weighted by Gasteiger charge is 2.37. The Kier molecular flexibility index (Phi) is 19.0. The molecule has 0 radical (unpaired) electrons. The van der Waals surface area contributed by atoms with Gasteiger partial charge in [-0.1, -0.05) is 116 Å². The quantitative estimate of drug-likeness (QED) is 0.0815. The van der Waals surface area contributed by atoms with E-state index in [2.05, 4.69) is 20.1 Å². The number of aliphatic hydroxyl groups is 1. The van der Waals surface area contributed by atoms with Crippen LogP contribution in [0.25, 0.3) is 0 Å². The Hall–Kier alpha value is -1.62. The summed E-state index contributed by atoms with van der Waals surface area (Å²) < 4.78 is 10.5. The van der Waals surface area contributed by atoms with E-state index in [0.717, 1.165) is 18.9 Å². The number of rotatable bonds is 22. The van der Waals surface area contributed by atoms with Crippen LogP contribution in [0.15, 0.2) is 24.8 Å². The van der Waals surface area contributed by atoms with Crippen molar-refractivity contribution in [3.8, 4) is 0 Å². The molecule has 0 aromatic rings. The third-order valence-corrected chi connectivity index (χ3v) is 5.73. The van der Waals surface area contributed by atoms with Gasteiger partial charge in [-0.25, -0.2) is 9.59 Å². The van der Waals surface area contributed by atoms with Crippen molar-refractivity contribution in [2.75, 3.05) is 6.61 Å². The van der Waals surface area contributed by atoms with Crippen molar-refractivity contribution in [1.29, 1.82) is 0 Å². The minimum Gasteiger partial charge on any atom is -0.417 e. The molecule has 0 rings (SSSR count). The molecule has 5 heteroatoms. The largest absolute Gasteiger partial charge is 0.417 e. The van der Waals surface area contributed by atoms with Crippen molar-refractivity contribution >= 4 is 11.9 Å². The second-order valence-corrected chi connectivity index (χ2v) is 8.92. The minimum atomic E-state index is -1.67. The van der Waals surface area contributed by atoms with Gasteiger partial charge in [0.05, 0.1) is 0 Å². The average molecular weight is 453 g/mol. The molecule has 0 saturated carbocycles. The molecule has 0 amide bonds. The Labute approximate surface area is 196 Å². The standard InChI is InChI=1S/C27H48O5/c1-5-7-8-9-10-11-12-13-14-15-16-17-18-19-20-21-22-27(23-28,31-25(29)6-2)32-26(30)24(3)4/h6,28H,2-3,5,7-23H2,1,4H3. The number of carbonyl (C=O) groups excluding carboxylic acids is 2. The van der Waals surface area contributed by atoms with Gasteiger partial charge in [0.15, 0.2) is 0 Å². The maximum Gasteiger partial charge on any atom is 0.336 e. The molecule has 1 N–H and O–H groups in total. The first-order valence-corrected chi connectivity index (χ1v) is 12.8. The minimum absolute atomic E-state index is 0.185. The van der Waals surface area contributed by atoms with Crippen molar-refractivity contribution in [1.82, 2.24) is 0 Å². The Bertz CT molecular complexity index is 528. The molecule has 5 nitrogen and oxygen atoms in total. The van der Waals surface area contributed by atoms with Crippen molar-refractivity contribution < 1.29 is 24.2 Å². The highest BCUT2D eigenvalue weighted by Crippen LogP contribution is 2.24. The molecule has 0 bridgehead atoms. The zero-order chi connectivity index (χ0) is 24.1. The highest BCUT2D eigenvalue weighted by atomic mass is 16.7. The summed E-state index contributed by atoms with van der Waals surface area (Å²) in [5.41, 5.74) is 0.185. The molecule has 0 aromatic heterocycles. The molecule has 1 atom stereocenters. The summed E-state index contributed by atoms with van der Waals surface area (Å²) in [5, 5.41) is 9.76. The van der Waals surface area contributed by atoms with Gasteiger partial charge in [-0.05, 0) is 13.3 Å². The van der Waals surface area contributed by atoms with Crippen LogP contribution in [0, 0.1) is 0 Å². The second kappa shape index (κ2) is 20.0. The molecule has 186 valence electrons. The van der Waals surface area contributed by atoms with E-state index in [1.165, 1.54) is 90.4 Å². The van der Waals surface area contributed by atoms with Crippen molar-refractivity contribution in [3.05, 3.63) is 24.8 Å². The smallest absolute Gasteiger partial charge is 0.336 e. The summed E-state index contributed by atoms with van der Waals surface area (Å²) in [4.78, 5) is 23.6. The van der Waals surface area contributed by atoms with Gasteiger partial charge in [-0.2, -0.15) is 0 Å². The Morgan fingerprint density at radius 2 is 1.19 bits per heavy atom. The lowest BCUT2D eigenvalue weighted by atomic mass is 10.0. The van der Waals surface area contributed by atoms with Crippen LogP contribution in [0.1, 0.15) is 123 Å². The van der Waals surface area contributed by atoms with Crippen LogP contribution in [-0.4, -0.2) is 29.4 Å². The zero-order valence-electron chi connectivity index (χ0n) is 20.8. The van der Waals surface area contributed by atoms with E-state index in [9.17, 15) is 14.7 Å². The van der Waals surface area contributed by atoms with Gasteiger partial charge in [-0.3, -0.25) is 0 Å². The molecule has 0 spiro atoms. The fraction of sp³-hybridized carbons (Fsp3) is 0.778. The van der Waals surface area contributed by atoms with Crippen LogP contribution in [0.5, 0.6) is 0 Å². The van der Waals surface area contributed by atoms with Crippen LogP contribution in [0.2, 0.25) is 0 Å². The predicted octanol–water partition coefficient (Wildman–Crippen LogP) is 7.18. The number of hydrogen-bond acceptors (Lipinski definition) is 5. The molecule has 0 heterocycles. The SMILES string of the molecule is C=CC(=O)OC(CO)(CCCCCCCCCCCCCCCCCC)OC(=O)C(=C)C. The summed E-state index contributed by atoms with van der Waals surface area (Å²) in [6, 6.07) is 0. The van der Waals surface area contributed by atoms with E-state index in [-0.39, 0.29) is 12.0 Å². The molecular weight excluding hydrogens is 404 g/mol. The maximum atomic E-state index is 11.9. The van der Waals surface area contributed by atoms with E-state index in [0.29, 0.717) is 6.42 Å². The normalized spacial score (nSPS) is 12.7.